The third-order valence-corrected chi connectivity index (χ3v) is 5.49. The van der Waals surface area contributed by atoms with Crippen molar-refractivity contribution in [3.05, 3.63) is 53.7 Å². The van der Waals surface area contributed by atoms with Crippen LogP contribution in [0.5, 0.6) is 5.75 Å². The van der Waals surface area contributed by atoms with Crippen LogP contribution < -0.4 is 15.0 Å². The van der Waals surface area contributed by atoms with Crippen LogP contribution in [0.4, 0.5) is 17.1 Å². The van der Waals surface area contributed by atoms with Gasteiger partial charge in [0.05, 0.1) is 12.6 Å². The maximum atomic E-state index is 5.41. The van der Waals surface area contributed by atoms with E-state index in [1.165, 1.54) is 11.3 Å². The van der Waals surface area contributed by atoms with Gasteiger partial charge in [0.25, 0.3) is 0 Å². The number of nitrogens with one attached hydrogen (secondary N) is 1. The topological polar surface area (TPSA) is 40.6 Å². The number of fused-ring (bicyclic) bond motifs is 1. The molecule has 3 aromatic rings. The highest BCUT2D eigenvalue weighted by Gasteiger charge is 2.15. The van der Waals surface area contributed by atoms with Gasteiger partial charge in [-0.25, -0.2) is 0 Å². The van der Waals surface area contributed by atoms with Gasteiger partial charge < -0.3 is 19.9 Å². The molecule has 0 radical (unpaired) electrons. The average molecular weight is 377 g/mol. The highest BCUT2D eigenvalue weighted by Crippen LogP contribution is 2.32. The van der Waals surface area contributed by atoms with Crippen LogP contribution in [-0.2, 0) is 0 Å². The van der Waals surface area contributed by atoms with Crippen molar-refractivity contribution in [3.8, 4) is 5.75 Å². The number of hydrogen-bond acceptors (Lipinski definition) is 5. The van der Waals surface area contributed by atoms with Crippen LogP contribution in [0.2, 0.25) is 0 Å². The van der Waals surface area contributed by atoms with Crippen molar-refractivity contribution in [1.82, 2.24) is 9.88 Å². The van der Waals surface area contributed by atoms with Crippen molar-refractivity contribution >= 4 is 28.0 Å². The first-order valence-electron chi connectivity index (χ1n) is 9.80. The molecule has 1 aromatic heterocycles. The Hall–Kier alpha value is -2.79. The molecule has 146 valence electrons. The number of anilines is 3. The first-order chi connectivity index (χ1) is 13.5. The number of benzene rings is 2. The number of ether oxygens (including phenoxy) is 1. The van der Waals surface area contributed by atoms with Gasteiger partial charge in [-0.05, 0) is 68.9 Å². The van der Waals surface area contributed by atoms with Crippen LogP contribution in [-0.4, -0.2) is 50.2 Å². The van der Waals surface area contributed by atoms with E-state index in [-0.39, 0.29) is 0 Å². The quantitative estimate of drug-likeness (QED) is 0.733. The summed E-state index contributed by atoms with van der Waals surface area (Å²) in [4.78, 5) is 9.50. The second kappa shape index (κ2) is 7.68. The van der Waals surface area contributed by atoms with Crippen molar-refractivity contribution in [2.75, 3.05) is 50.6 Å². The summed E-state index contributed by atoms with van der Waals surface area (Å²) >= 11 is 0. The molecular formula is C23H28N4O. The van der Waals surface area contributed by atoms with Gasteiger partial charge in [0.2, 0.25) is 0 Å². The zero-order chi connectivity index (χ0) is 19.7. The lowest BCUT2D eigenvalue weighted by Gasteiger charge is -2.34. The Balaban J connectivity index is 1.64. The van der Waals surface area contributed by atoms with Crippen LogP contribution in [0.15, 0.2) is 42.5 Å². The maximum absolute atomic E-state index is 5.41. The first kappa shape index (κ1) is 18.6. The lowest BCUT2D eigenvalue weighted by atomic mass is 10.1. The van der Waals surface area contributed by atoms with Gasteiger partial charge in [-0.3, -0.25) is 4.98 Å². The number of aryl methyl sites for hydroxylation is 2. The van der Waals surface area contributed by atoms with Gasteiger partial charge in [-0.1, -0.05) is 0 Å². The zero-order valence-electron chi connectivity index (χ0n) is 17.1. The van der Waals surface area contributed by atoms with Gasteiger partial charge in [0, 0.05) is 54.3 Å². The number of methoxy groups -OCH3 is 1. The number of pyridine rings is 1. The summed E-state index contributed by atoms with van der Waals surface area (Å²) < 4.78 is 5.41. The van der Waals surface area contributed by atoms with E-state index in [9.17, 15) is 0 Å². The fourth-order valence-electron chi connectivity index (χ4n) is 3.76. The van der Waals surface area contributed by atoms with Crippen molar-refractivity contribution in [1.29, 1.82) is 0 Å². The van der Waals surface area contributed by atoms with Crippen molar-refractivity contribution in [2.45, 2.75) is 13.8 Å². The second-order valence-electron chi connectivity index (χ2n) is 7.61. The number of aromatic nitrogens is 1. The molecule has 0 bridgehead atoms. The molecule has 5 nitrogen and oxygen atoms in total. The maximum Gasteiger partial charge on any atom is 0.119 e. The Kier molecular flexibility index (Phi) is 5.09. The van der Waals surface area contributed by atoms with Crippen molar-refractivity contribution in [3.63, 3.8) is 0 Å². The predicted molar refractivity (Wildman–Crippen MR) is 117 cm³/mol. The number of piperazine rings is 1. The summed E-state index contributed by atoms with van der Waals surface area (Å²) in [7, 11) is 3.88. The highest BCUT2D eigenvalue weighted by molar-refractivity contribution is 5.94. The van der Waals surface area contributed by atoms with Gasteiger partial charge in [-0.15, -0.1) is 0 Å². The second-order valence-corrected chi connectivity index (χ2v) is 7.61. The fourth-order valence-corrected chi connectivity index (χ4v) is 3.76. The lowest BCUT2D eigenvalue weighted by molar-refractivity contribution is 0.313. The van der Waals surface area contributed by atoms with E-state index >= 15 is 0 Å². The van der Waals surface area contributed by atoms with E-state index in [0.717, 1.165) is 59.9 Å². The van der Waals surface area contributed by atoms with E-state index in [4.69, 9.17) is 4.74 Å². The summed E-state index contributed by atoms with van der Waals surface area (Å²) in [5, 5.41) is 4.68. The molecule has 4 rings (SSSR count). The summed E-state index contributed by atoms with van der Waals surface area (Å²) in [6.45, 7) is 8.58. The summed E-state index contributed by atoms with van der Waals surface area (Å²) in [5.74, 6) is 0.836. The van der Waals surface area contributed by atoms with E-state index in [2.05, 4.69) is 58.3 Å². The fraction of sp³-hybridized carbons (Fsp3) is 0.348. The van der Waals surface area contributed by atoms with E-state index < -0.39 is 0 Å². The Morgan fingerprint density at radius 1 is 0.929 bits per heavy atom. The highest BCUT2D eigenvalue weighted by atomic mass is 16.5. The van der Waals surface area contributed by atoms with Gasteiger partial charge in [-0.2, -0.15) is 0 Å². The van der Waals surface area contributed by atoms with E-state index in [0.29, 0.717) is 0 Å². The number of rotatable bonds is 4. The third-order valence-electron chi connectivity index (χ3n) is 5.49. The molecule has 0 aliphatic carbocycles. The number of nitrogens with zero attached hydrogens (tertiary/aromatic N) is 3. The lowest BCUT2D eigenvalue weighted by Crippen LogP contribution is -2.44. The molecule has 0 spiro atoms. The molecule has 1 saturated heterocycles. The van der Waals surface area contributed by atoms with Crippen LogP contribution in [0.3, 0.4) is 0 Å². The van der Waals surface area contributed by atoms with Crippen LogP contribution in [0.1, 0.15) is 11.3 Å². The molecule has 5 heteroatoms. The normalized spacial score (nSPS) is 15.1. The molecule has 0 atom stereocenters. The molecule has 1 aliphatic heterocycles. The third kappa shape index (κ3) is 3.76. The zero-order valence-corrected chi connectivity index (χ0v) is 17.1. The largest absolute Gasteiger partial charge is 0.497 e. The van der Waals surface area contributed by atoms with Crippen LogP contribution in [0, 0.1) is 13.8 Å². The molecule has 2 aromatic carbocycles. The molecule has 0 saturated carbocycles. The minimum absolute atomic E-state index is 0.836. The monoisotopic (exact) mass is 376 g/mol. The van der Waals surface area contributed by atoms with Crippen molar-refractivity contribution in [2.24, 2.45) is 0 Å². The van der Waals surface area contributed by atoms with E-state index in [1.807, 2.05) is 25.1 Å². The summed E-state index contributed by atoms with van der Waals surface area (Å²) in [6.07, 6.45) is 0. The first-order valence-corrected chi connectivity index (χ1v) is 9.80. The molecule has 28 heavy (non-hydrogen) atoms. The Bertz CT molecular complexity index is 993. The van der Waals surface area contributed by atoms with Gasteiger partial charge in [0.1, 0.15) is 5.75 Å². The summed E-state index contributed by atoms with van der Waals surface area (Å²) in [5.41, 5.74) is 6.67. The average Bonchev–Trinajstić information content (AvgIpc) is 2.69. The van der Waals surface area contributed by atoms with Crippen LogP contribution >= 0.6 is 0 Å². The smallest absolute Gasteiger partial charge is 0.119 e. The van der Waals surface area contributed by atoms with Gasteiger partial charge >= 0.3 is 0 Å². The molecule has 1 aliphatic rings. The Labute approximate surface area is 166 Å². The van der Waals surface area contributed by atoms with Gasteiger partial charge in [0.15, 0.2) is 0 Å². The molecule has 0 unspecified atom stereocenters. The molecular weight excluding hydrogens is 348 g/mol. The number of hydrogen-bond donors (Lipinski definition) is 1. The van der Waals surface area contributed by atoms with E-state index in [1.54, 1.807) is 7.11 Å². The molecule has 2 heterocycles. The number of likely N-dealkylation sites (N-methyl/N-ethyl adjacent to an activating group) is 1. The molecule has 0 amide bonds. The van der Waals surface area contributed by atoms with Crippen LogP contribution in [0.25, 0.3) is 10.9 Å². The molecule has 1 fully saturated rings. The predicted octanol–water partition coefficient (Wildman–Crippen LogP) is 4.36. The molecule has 1 N–H and O–H groups in total. The minimum atomic E-state index is 0.836. The summed E-state index contributed by atoms with van der Waals surface area (Å²) in [6, 6.07) is 14.8. The van der Waals surface area contributed by atoms with Crippen molar-refractivity contribution < 1.29 is 4.74 Å². The standard InChI is InChI=1S/C23H28N4O/c1-16-13-18(27-11-9-26(3)10-12-27)5-7-21(16)25-23-14-17(2)24-22-8-6-19(28-4)15-20(22)23/h5-8,13-15H,9-12H2,1-4H3,(H,24,25). The Morgan fingerprint density at radius 3 is 2.43 bits per heavy atom. The Morgan fingerprint density at radius 2 is 1.71 bits per heavy atom. The SMILES string of the molecule is COc1ccc2nc(C)cc(Nc3ccc(N4CCN(C)CC4)cc3C)c2c1. The minimum Gasteiger partial charge on any atom is -0.497 e.